The van der Waals surface area contributed by atoms with Crippen molar-refractivity contribution in [2.24, 2.45) is 0 Å². The number of para-hydroxylation sites is 1. The first-order valence-electron chi connectivity index (χ1n) is 9.56. The van der Waals surface area contributed by atoms with Gasteiger partial charge in [0.05, 0.1) is 17.8 Å². The number of amides is 2. The number of rotatable bonds is 6. The quantitative estimate of drug-likeness (QED) is 0.703. The first kappa shape index (κ1) is 20.3. The summed E-state index contributed by atoms with van der Waals surface area (Å²) in [5.74, 6) is -0.0958. The van der Waals surface area contributed by atoms with Crippen molar-refractivity contribution in [2.45, 2.75) is 26.8 Å². The molecule has 0 fully saturated rings. The monoisotopic (exact) mass is 390 g/mol. The molecule has 0 saturated carbocycles. The molecular formula is C23H26N4O2. The number of carbonyl (C=O) groups is 2. The Hall–Kier alpha value is -3.41. The molecule has 1 aromatic heterocycles. The Balaban J connectivity index is 1.70. The molecule has 3 rings (SSSR count). The van der Waals surface area contributed by atoms with E-state index >= 15 is 0 Å². The second-order valence-corrected chi connectivity index (χ2v) is 7.10. The molecular weight excluding hydrogens is 364 g/mol. The zero-order valence-corrected chi connectivity index (χ0v) is 17.3. The van der Waals surface area contributed by atoms with Gasteiger partial charge >= 0.3 is 0 Å². The van der Waals surface area contributed by atoms with Crippen molar-refractivity contribution in [2.75, 3.05) is 14.1 Å². The van der Waals surface area contributed by atoms with Crippen LogP contribution in [0.25, 0.3) is 5.69 Å². The Bertz CT molecular complexity index is 1010. The maximum atomic E-state index is 12.8. The summed E-state index contributed by atoms with van der Waals surface area (Å²) in [5.41, 5.74) is 5.36. The first-order chi connectivity index (χ1) is 13.9. The van der Waals surface area contributed by atoms with Crippen molar-refractivity contribution < 1.29 is 9.59 Å². The normalized spacial score (nSPS) is 10.6. The highest BCUT2D eigenvalue weighted by molar-refractivity contribution is 5.93. The van der Waals surface area contributed by atoms with E-state index in [1.165, 1.54) is 0 Å². The van der Waals surface area contributed by atoms with Crippen LogP contribution in [0.4, 0.5) is 0 Å². The van der Waals surface area contributed by atoms with Crippen LogP contribution < -0.4 is 5.32 Å². The van der Waals surface area contributed by atoms with Gasteiger partial charge in [-0.05, 0) is 43.7 Å². The summed E-state index contributed by atoms with van der Waals surface area (Å²) in [4.78, 5) is 26.2. The molecule has 0 unspecified atom stereocenters. The molecule has 6 nitrogen and oxygen atoms in total. The third-order valence-corrected chi connectivity index (χ3v) is 5.06. The van der Waals surface area contributed by atoms with E-state index in [2.05, 4.69) is 10.4 Å². The van der Waals surface area contributed by atoms with Gasteiger partial charge in [-0.15, -0.1) is 0 Å². The number of aryl methyl sites for hydroxylation is 1. The van der Waals surface area contributed by atoms with Crippen molar-refractivity contribution in [3.8, 4) is 5.69 Å². The van der Waals surface area contributed by atoms with Crippen LogP contribution in [0.3, 0.4) is 0 Å². The highest BCUT2D eigenvalue weighted by atomic mass is 16.2. The predicted molar refractivity (Wildman–Crippen MR) is 113 cm³/mol. The van der Waals surface area contributed by atoms with Crippen LogP contribution in [0, 0.1) is 13.8 Å². The Kier molecular flexibility index (Phi) is 6.12. The molecule has 0 bridgehead atoms. The summed E-state index contributed by atoms with van der Waals surface area (Å²) < 4.78 is 1.88. The molecule has 2 amide bonds. The molecule has 3 aromatic rings. The van der Waals surface area contributed by atoms with E-state index in [1.54, 1.807) is 31.1 Å². The van der Waals surface area contributed by atoms with Gasteiger partial charge in [0.25, 0.3) is 5.91 Å². The number of nitrogens with zero attached hydrogens (tertiary/aromatic N) is 3. The zero-order chi connectivity index (χ0) is 21.0. The molecule has 0 aliphatic carbocycles. The number of nitrogens with one attached hydrogen (secondary N) is 1. The van der Waals surface area contributed by atoms with Gasteiger partial charge in [0, 0.05) is 37.5 Å². The Labute approximate surface area is 171 Å². The maximum Gasteiger partial charge on any atom is 0.251 e. The fourth-order valence-electron chi connectivity index (χ4n) is 3.31. The van der Waals surface area contributed by atoms with Gasteiger partial charge in [-0.3, -0.25) is 9.59 Å². The smallest absolute Gasteiger partial charge is 0.251 e. The lowest BCUT2D eigenvalue weighted by Crippen LogP contribution is -2.28. The molecule has 0 aliphatic rings. The molecule has 150 valence electrons. The van der Waals surface area contributed by atoms with Gasteiger partial charge in [-0.1, -0.05) is 30.3 Å². The van der Waals surface area contributed by atoms with E-state index in [4.69, 9.17) is 0 Å². The fraction of sp³-hybridized carbons (Fsp3) is 0.261. The third kappa shape index (κ3) is 4.54. The van der Waals surface area contributed by atoms with Crippen molar-refractivity contribution in [1.29, 1.82) is 0 Å². The summed E-state index contributed by atoms with van der Waals surface area (Å²) in [6, 6.07) is 17.2. The van der Waals surface area contributed by atoms with Gasteiger partial charge in [0.2, 0.25) is 5.91 Å². The second kappa shape index (κ2) is 8.73. The lowest BCUT2D eigenvalue weighted by atomic mass is 10.1. The van der Waals surface area contributed by atoms with Crippen LogP contribution >= 0.6 is 0 Å². The second-order valence-electron chi connectivity index (χ2n) is 7.10. The van der Waals surface area contributed by atoms with Crippen molar-refractivity contribution in [3.63, 3.8) is 0 Å². The van der Waals surface area contributed by atoms with Gasteiger partial charge in [-0.2, -0.15) is 5.10 Å². The number of likely N-dealkylation sites (N-methyl/N-ethyl adjacent to an activating group) is 1. The number of benzene rings is 2. The van der Waals surface area contributed by atoms with Crippen molar-refractivity contribution in [1.82, 2.24) is 20.0 Å². The van der Waals surface area contributed by atoms with Crippen LogP contribution in [0.1, 0.15) is 32.9 Å². The van der Waals surface area contributed by atoms with Crippen LogP contribution in [0.5, 0.6) is 0 Å². The zero-order valence-electron chi connectivity index (χ0n) is 17.3. The van der Waals surface area contributed by atoms with Gasteiger partial charge in [-0.25, -0.2) is 4.68 Å². The highest BCUT2D eigenvalue weighted by Gasteiger charge is 2.18. The molecule has 1 N–H and O–H groups in total. The highest BCUT2D eigenvalue weighted by Crippen LogP contribution is 2.19. The average molecular weight is 390 g/mol. The van der Waals surface area contributed by atoms with Crippen molar-refractivity contribution in [3.05, 3.63) is 82.7 Å². The minimum absolute atomic E-state index is 0.0270. The minimum Gasteiger partial charge on any atom is -0.355 e. The molecule has 0 spiro atoms. The van der Waals surface area contributed by atoms with Crippen LogP contribution in [-0.4, -0.2) is 40.6 Å². The molecule has 0 saturated heterocycles. The number of hydrogen-bond acceptors (Lipinski definition) is 3. The van der Waals surface area contributed by atoms with Crippen LogP contribution in [-0.2, 0) is 17.8 Å². The topological polar surface area (TPSA) is 67.2 Å². The number of carbonyl (C=O) groups excluding carboxylic acids is 2. The summed E-state index contributed by atoms with van der Waals surface area (Å²) in [6.07, 6.45) is 0.303. The van der Waals surface area contributed by atoms with Gasteiger partial charge < -0.3 is 10.2 Å². The summed E-state index contributed by atoms with van der Waals surface area (Å²) in [5, 5.41) is 7.22. The molecule has 0 atom stereocenters. The van der Waals surface area contributed by atoms with Gasteiger partial charge in [0.1, 0.15) is 0 Å². The number of hydrogen-bond donors (Lipinski definition) is 1. The summed E-state index contributed by atoms with van der Waals surface area (Å²) >= 11 is 0. The van der Waals surface area contributed by atoms with Gasteiger partial charge in [0.15, 0.2) is 0 Å². The SMILES string of the molecule is CNC(=O)c1ccc(CN(C)C(=O)Cc2c(C)nn(-c3ccccc3)c2C)cc1. The van der Waals surface area contributed by atoms with E-state index in [1.807, 2.05) is 61.0 Å². The van der Waals surface area contributed by atoms with E-state index in [0.717, 1.165) is 28.2 Å². The average Bonchev–Trinajstić information content (AvgIpc) is 3.02. The Morgan fingerprint density at radius 2 is 1.69 bits per heavy atom. The lowest BCUT2D eigenvalue weighted by Gasteiger charge is -2.18. The first-order valence-corrected chi connectivity index (χ1v) is 9.56. The van der Waals surface area contributed by atoms with E-state index in [-0.39, 0.29) is 11.8 Å². The Morgan fingerprint density at radius 1 is 1.03 bits per heavy atom. The molecule has 29 heavy (non-hydrogen) atoms. The minimum atomic E-state index is -0.123. The number of aromatic nitrogens is 2. The standard InChI is InChI=1S/C23H26N4O2/c1-16-21(17(2)27(25-16)20-8-6-5-7-9-20)14-22(28)26(4)15-18-10-12-19(13-11-18)23(29)24-3/h5-13H,14-15H2,1-4H3,(H,24,29). The Morgan fingerprint density at radius 3 is 2.31 bits per heavy atom. The molecule has 1 heterocycles. The largest absolute Gasteiger partial charge is 0.355 e. The summed E-state index contributed by atoms with van der Waals surface area (Å²) in [6.45, 7) is 4.41. The summed E-state index contributed by atoms with van der Waals surface area (Å²) in [7, 11) is 3.40. The lowest BCUT2D eigenvalue weighted by molar-refractivity contribution is -0.129. The molecule has 0 radical (unpaired) electrons. The molecule has 6 heteroatoms. The maximum absolute atomic E-state index is 12.8. The third-order valence-electron chi connectivity index (χ3n) is 5.06. The van der Waals surface area contributed by atoms with Crippen molar-refractivity contribution >= 4 is 11.8 Å². The van der Waals surface area contributed by atoms with Crippen LogP contribution in [0.2, 0.25) is 0 Å². The fourth-order valence-corrected chi connectivity index (χ4v) is 3.31. The van der Waals surface area contributed by atoms with E-state index in [0.29, 0.717) is 18.5 Å². The molecule has 2 aromatic carbocycles. The predicted octanol–water partition coefficient (Wildman–Crippen LogP) is 3.05. The molecule has 0 aliphatic heterocycles. The van der Waals surface area contributed by atoms with Crippen LogP contribution in [0.15, 0.2) is 54.6 Å². The van der Waals surface area contributed by atoms with E-state index in [9.17, 15) is 9.59 Å². The van der Waals surface area contributed by atoms with E-state index < -0.39 is 0 Å².